The van der Waals surface area contributed by atoms with E-state index in [9.17, 15) is 5.11 Å². The molecule has 1 aliphatic rings. The van der Waals surface area contributed by atoms with Crippen molar-refractivity contribution in [2.45, 2.75) is 38.8 Å². The lowest BCUT2D eigenvalue weighted by atomic mass is 10.0. The third-order valence-electron chi connectivity index (χ3n) is 3.70. The van der Waals surface area contributed by atoms with Gasteiger partial charge in [0.1, 0.15) is 0 Å². The molecule has 2 atom stereocenters. The summed E-state index contributed by atoms with van der Waals surface area (Å²) in [7, 11) is 0. The monoisotopic (exact) mass is 297 g/mol. The molecule has 0 spiro atoms. The van der Waals surface area contributed by atoms with Crippen LogP contribution in [0.5, 0.6) is 0 Å². The number of rotatable bonds is 4. The van der Waals surface area contributed by atoms with E-state index in [1.54, 1.807) is 0 Å². The summed E-state index contributed by atoms with van der Waals surface area (Å²) in [5.74, 6) is 0.448. The Kier molecular flexibility index (Phi) is 4.60. The number of hydrogen-bond acceptors (Lipinski definition) is 2. The molecule has 2 N–H and O–H groups in total. The first-order valence-corrected chi connectivity index (χ1v) is 7.09. The van der Waals surface area contributed by atoms with Gasteiger partial charge in [-0.15, -0.1) is 0 Å². The van der Waals surface area contributed by atoms with Crippen LogP contribution in [0.1, 0.15) is 30.4 Å². The SMILES string of the molecule is Cc1ccc(CNC2CCCC2CO)cc1Br. The standard InChI is InChI=1S/C14H20BrNO/c1-10-5-6-11(7-13(10)15)8-16-14-4-2-3-12(14)9-17/h5-7,12,14,16-17H,2-4,8-9H2,1H3. The quantitative estimate of drug-likeness (QED) is 0.895. The molecule has 2 nitrogen and oxygen atoms in total. The smallest absolute Gasteiger partial charge is 0.0474 e. The zero-order valence-corrected chi connectivity index (χ0v) is 11.8. The van der Waals surface area contributed by atoms with Crippen LogP contribution in [-0.2, 0) is 6.54 Å². The molecule has 0 bridgehead atoms. The van der Waals surface area contributed by atoms with Crippen LogP contribution in [0, 0.1) is 12.8 Å². The predicted molar refractivity (Wildman–Crippen MR) is 73.9 cm³/mol. The molecule has 1 aromatic rings. The molecule has 3 heteroatoms. The normalized spacial score (nSPS) is 24.2. The maximum atomic E-state index is 9.27. The summed E-state index contributed by atoms with van der Waals surface area (Å²) in [5.41, 5.74) is 2.56. The van der Waals surface area contributed by atoms with Crippen molar-refractivity contribution in [1.82, 2.24) is 5.32 Å². The molecule has 1 saturated carbocycles. The lowest BCUT2D eigenvalue weighted by molar-refractivity contribution is 0.205. The second-order valence-electron chi connectivity index (χ2n) is 4.94. The molecule has 2 unspecified atom stereocenters. The van der Waals surface area contributed by atoms with Crippen molar-refractivity contribution in [2.75, 3.05) is 6.61 Å². The molecule has 0 amide bonds. The van der Waals surface area contributed by atoms with Gasteiger partial charge in [-0.1, -0.05) is 34.5 Å². The van der Waals surface area contributed by atoms with Crippen molar-refractivity contribution in [3.63, 3.8) is 0 Å². The average molecular weight is 298 g/mol. The van der Waals surface area contributed by atoms with Crippen LogP contribution in [0.2, 0.25) is 0 Å². The highest BCUT2D eigenvalue weighted by molar-refractivity contribution is 9.10. The first kappa shape index (κ1) is 13.1. The zero-order valence-electron chi connectivity index (χ0n) is 10.2. The zero-order chi connectivity index (χ0) is 12.3. The molecule has 94 valence electrons. The molecule has 1 aliphatic carbocycles. The number of nitrogens with one attached hydrogen (secondary N) is 1. The molecule has 0 heterocycles. The Balaban J connectivity index is 1.91. The molecular weight excluding hydrogens is 278 g/mol. The van der Waals surface area contributed by atoms with Crippen molar-refractivity contribution in [2.24, 2.45) is 5.92 Å². The van der Waals surface area contributed by atoms with Gasteiger partial charge in [0.15, 0.2) is 0 Å². The largest absolute Gasteiger partial charge is 0.396 e. The minimum atomic E-state index is 0.315. The second kappa shape index (κ2) is 5.98. The van der Waals surface area contributed by atoms with E-state index < -0.39 is 0 Å². The first-order chi connectivity index (χ1) is 8.20. The predicted octanol–water partition coefficient (Wildman–Crippen LogP) is 3.01. The Morgan fingerprint density at radius 1 is 1.41 bits per heavy atom. The number of aliphatic hydroxyl groups is 1. The van der Waals surface area contributed by atoms with Crippen LogP contribution < -0.4 is 5.32 Å². The summed E-state index contributed by atoms with van der Waals surface area (Å²) in [6.45, 7) is 3.30. The fourth-order valence-electron chi connectivity index (χ4n) is 2.52. The summed E-state index contributed by atoms with van der Waals surface area (Å²) in [6, 6.07) is 6.96. The van der Waals surface area contributed by atoms with E-state index in [-0.39, 0.29) is 0 Å². The van der Waals surface area contributed by atoms with E-state index in [1.165, 1.54) is 28.4 Å². The van der Waals surface area contributed by atoms with E-state index >= 15 is 0 Å². The fourth-order valence-corrected chi connectivity index (χ4v) is 2.95. The molecule has 1 aromatic carbocycles. The lowest BCUT2D eigenvalue weighted by Gasteiger charge is -2.19. The van der Waals surface area contributed by atoms with Gasteiger partial charge in [0, 0.05) is 23.7 Å². The van der Waals surface area contributed by atoms with Gasteiger partial charge >= 0.3 is 0 Å². The Bertz CT molecular complexity index is 380. The molecule has 0 radical (unpaired) electrons. The van der Waals surface area contributed by atoms with E-state index in [0.717, 1.165) is 13.0 Å². The van der Waals surface area contributed by atoms with Crippen molar-refractivity contribution in [3.05, 3.63) is 33.8 Å². The van der Waals surface area contributed by atoms with Crippen LogP contribution in [0.25, 0.3) is 0 Å². The number of aryl methyl sites for hydroxylation is 1. The average Bonchev–Trinajstić information content (AvgIpc) is 2.78. The van der Waals surface area contributed by atoms with Gasteiger partial charge in [-0.25, -0.2) is 0 Å². The number of halogens is 1. The van der Waals surface area contributed by atoms with Crippen LogP contribution in [0.15, 0.2) is 22.7 Å². The van der Waals surface area contributed by atoms with Crippen LogP contribution in [0.3, 0.4) is 0 Å². The molecule has 17 heavy (non-hydrogen) atoms. The molecule has 1 fully saturated rings. The minimum absolute atomic E-state index is 0.315. The van der Waals surface area contributed by atoms with Crippen molar-refractivity contribution in [3.8, 4) is 0 Å². The van der Waals surface area contributed by atoms with Crippen molar-refractivity contribution >= 4 is 15.9 Å². The van der Waals surface area contributed by atoms with Crippen LogP contribution in [-0.4, -0.2) is 17.8 Å². The Labute approximate surface area is 112 Å². The molecule has 2 rings (SSSR count). The van der Waals surface area contributed by atoms with Gasteiger partial charge in [-0.2, -0.15) is 0 Å². The summed E-state index contributed by atoms with van der Waals surface area (Å²) >= 11 is 3.56. The summed E-state index contributed by atoms with van der Waals surface area (Å²) in [5, 5.41) is 12.8. The summed E-state index contributed by atoms with van der Waals surface area (Å²) in [4.78, 5) is 0. The van der Waals surface area contributed by atoms with Gasteiger partial charge < -0.3 is 10.4 Å². The summed E-state index contributed by atoms with van der Waals surface area (Å²) in [6.07, 6.45) is 3.59. The molecule has 0 saturated heterocycles. The highest BCUT2D eigenvalue weighted by Crippen LogP contribution is 2.25. The fraction of sp³-hybridized carbons (Fsp3) is 0.571. The molecular formula is C14H20BrNO. The Hall–Kier alpha value is -0.380. The Morgan fingerprint density at radius 3 is 2.94 bits per heavy atom. The topological polar surface area (TPSA) is 32.3 Å². The van der Waals surface area contributed by atoms with Crippen LogP contribution >= 0.6 is 15.9 Å². The van der Waals surface area contributed by atoms with E-state index in [2.05, 4.69) is 46.4 Å². The van der Waals surface area contributed by atoms with Crippen LogP contribution in [0.4, 0.5) is 0 Å². The molecule has 0 aromatic heterocycles. The number of aliphatic hydroxyl groups excluding tert-OH is 1. The van der Waals surface area contributed by atoms with Gasteiger partial charge in [0.05, 0.1) is 0 Å². The number of hydrogen-bond donors (Lipinski definition) is 2. The third-order valence-corrected chi connectivity index (χ3v) is 4.55. The first-order valence-electron chi connectivity index (χ1n) is 6.30. The third kappa shape index (κ3) is 3.30. The van der Waals surface area contributed by atoms with E-state index in [0.29, 0.717) is 18.6 Å². The van der Waals surface area contributed by atoms with Crippen molar-refractivity contribution < 1.29 is 5.11 Å². The second-order valence-corrected chi connectivity index (χ2v) is 5.80. The number of benzene rings is 1. The maximum Gasteiger partial charge on any atom is 0.0474 e. The van der Waals surface area contributed by atoms with Gasteiger partial charge in [-0.3, -0.25) is 0 Å². The maximum absolute atomic E-state index is 9.27. The van der Waals surface area contributed by atoms with Gasteiger partial charge in [0.2, 0.25) is 0 Å². The van der Waals surface area contributed by atoms with E-state index in [1.807, 2.05) is 0 Å². The van der Waals surface area contributed by atoms with Gasteiger partial charge in [-0.05, 0) is 42.9 Å². The lowest BCUT2D eigenvalue weighted by Crippen LogP contribution is -2.33. The highest BCUT2D eigenvalue weighted by Gasteiger charge is 2.25. The highest BCUT2D eigenvalue weighted by atomic mass is 79.9. The van der Waals surface area contributed by atoms with E-state index in [4.69, 9.17) is 0 Å². The summed E-state index contributed by atoms with van der Waals surface area (Å²) < 4.78 is 1.17. The molecule has 0 aliphatic heterocycles. The minimum Gasteiger partial charge on any atom is -0.396 e. The van der Waals surface area contributed by atoms with Crippen molar-refractivity contribution in [1.29, 1.82) is 0 Å². The Morgan fingerprint density at radius 2 is 2.24 bits per heavy atom. The van der Waals surface area contributed by atoms with Gasteiger partial charge in [0.25, 0.3) is 0 Å².